The smallest absolute Gasteiger partial charge is 0.458 e. The number of ether oxygens (including phenoxy) is 7. The molecule has 22 heteroatoms. The first-order valence-electron chi connectivity index (χ1n) is 55.2. The third-order valence-corrected chi connectivity index (χ3v) is 10.1. The van der Waals surface area contributed by atoms with Crippen LogP contribution in [0.25, 0.3) is 0 Å². The minimum Gasteiger partial charge on any atom is -0.458 e. The predicted molar refractivity (Wildman–Crippen MR) is 328 cm³/mol. The first kappa shape index (κ1) is 30.7. The summed E-state index contributed by atoms with van der Waals surface area (Å²) in [6.45, 7) is 9.68. The summed E-state index contributed by atoms with van der Waals surface area (Å²) in [4.78, 5) is 65.3. The summed E-state index contributed by atoms with van der Waals surface area (Å²) in [5.41, 5.74) is -2.42. The summed E-state index contributed by atoms with van der Waals surface area (Å²) < 4.78 is 454. The van der Waals surface area contributed by atoms with Crippen molar-refractivity contribution in [2.45, 2.75) is 149 Å². The maximum atomic E-state index is 14.7. The minimum absolute atomic E-state index is 0.0704. The van der Waals surface area contributed by atoms with Crippen LogP contribution in [-0.2, 0) is 68.9 Å². The van der Waals surface area contributed by atoms with E-state index < -0.39 is 102 Å². The third kappa shape index (κ3) is 26.0. The van der Waals surface area contributed by atoms with Crippen LogP contribution in [0, 0.1) is 0 Å². The molecule has 0 fully saturated rings. The summed E-state index contributed by atoms with van der Waals surface area (Å²) >= 11 is 0. The second kappa shape index (κ2) is 28.8. The van der Waals surface area contributed by atoms with Gasteiger partial charge in [0.1, 0.15) is 53.7 Å². The Balaban J connectivity index is -0.0000000388. The van der Waals surface area contributed by atoms with Crippen LogP contribution in [-0.4, -0.2) is 103 Å². The quantitative estimate of drug-likeness (QED) is 0.0449. The fourth-order valence-corrected chi connectivity index (χ4v) is 6.60. The number of amides is 1. The normalized spacial score (nSPS) is 16.7. The standard InChI is InChI=1S/C29H35F4NO7.C24H27F4NO5.CH4.31H2/c1-27(2,3)41-26(37)34(6)22(17-28(4,5)30)24(35)39-23(25(36)38-18-20-10-8-7-9-11-20)16-19-12-14-21(15-13-19)40-29(31,32)33;1-23(2,25)14-19(29-3)21(30)33-20(22(31)32-15-17-7-5-4-6-8-17)13-16-9-11-18(12-10-16)34-24(26,27)28;;;;;;;;;;;;;;;;;;;;;;;;;;;;;;;;/h7-15,22-23H,16-18H2,1-6H3;4-12,19-20,29H,13-15H2,1-3H3;1H4;31*1H/t22?,23-;19-,20-;;;;;;;;;;;;;;;;;;;;;;;;;;;;;;;;/m11................................/s1/i;;1D;31*1+1D. The molecule has 0 aliphatic heterocycles. The van der Waals surface area contributed by atoms with E-state index in [1.165, 1.54) is 73.5 Å². The predicted octanol–water partition coefficient (Wildman–Crippen LogP) is 18.9. The number of nitrogens with one attached hydrogen (secondary N) is 1. The van der Waals surface area contributed by atoms with E-state index in [2.05, 4.69) is 14.8 Å². The number of hydrogen-bond acceptors (Lipinski definition) is 13. The maximum Gasteiger partial charge on any atom is 0.573 e. The zero-order valence-corrected chi connectivity index (χ0v) is 43.8. The summed E-state index contributed by atoms with van der Waals surface area (Å²) in [5.74, 6) is -4.66. The van der Waals surface area contributed by atoms with Gasteiger partial charge in [-0.15, -0.1) is 26.3 Å². The van der Waals surface area contributed by atoms with Crippen molar-refractivity contribution in [2.24, 2.45) is 0 Å². The molecule has 76 heavy (non-hydrogen) atoms. The molecule has 1 unspecified atom stereocenters. The van der Waals surface area contributed by atoms with Gasteiger partial charge in [-0.05, 0) is 102 Å². The highest BCUT2D eigenvalue weighted by atomic mass is 19.4. The lowest BCUT2D eigenvalue weighted by molar-refractivity contribution is -0.275. The number of carbonyl (C=O) groups is 5. The molecule has 4 atom stereocenters. The van der Waals surface area contributed by atoms with Gasteiger partial charge in [-0.3, -0.25) is 9.69 Å². The van der Waals surface area contributed by atoms with Crippen molar-refractivity contribution in [1.29, 1.82) is 0 Å². The van der Waals surface area contributed by atoms with Crippen LogP contribution >= 0.6 is 0 Å². The van der Waals surface area contributed by atoms with E-state index >= 15 is 0 Å². The number of rotatable bonds is 22. The number of benzene rings is 4. The molecule has 0 heterocycles. The van der Waals surface area contributed by atoms with E-state index in [4.69, 9.17) is 117 Å². The molecule has 1 amide bonds. The molecular formula is C54H128F8N2O12. The van der Waals surface area contributed by atoms with Crippen molar-refractivity contribution in [2.75, 3.05) is 14.1 Å². The molecule has 0 aliphatic rings. The molecule has 4 aromatic carbocycles. The van der Waals surface area contributed by atoms with E-state index in [0.717, 1.165) is 29.2 Å². The molecule has 14 nitrogen and oxygen atoms in total. The molecule has 0 radical (unpaired) electrons. The number of carbonyl (C=O) groups excluding carboxylic acids is 5. The fraction of sp³-hybridized carbons (Fsp3) is 0.463. The number of nitrogens with zero attached hydrogens (tertiary/aromatic N) is 1. The number of likely N-dealkylation sites (N-methyl/N-ethyl adjacent to an activating group) is 2. The highest BCUT2D eigenvalue weighted by Crippen LogP contribution is 2.27. The van der Waals surface area contributed by atoms with Crippen molar-refractivity contribution in [3.05, 3.63) is 131 Å². The van der Waals surface area contributed by atoms with Crippen LogP contribution in [0.15, 0.2) is 109 Å². The molecule has 0 aliphatic carbocycles. The van der Waals surface area contributed by atoms with Crippen LogP contribution in [0.3, 0.4) is 0 Å². The fourth-order valence-electron chi connectivity index (χ4n) is 6.60. The lowest BCUT2D eigenvalue weighted by atomic mass is 10.00. The van der Waals surface area contributed by atoms with E-state index in [9.17, 15) is 59.1 Å². The first-order valence-corrected chi connectivity index (χ1v) is 23.2. The van der Waals surface area contributed by atoms with Gasteiger partial charge in [-0.25, -0.2) is 28.0 Å². The molecule has 0 aromatic heterocycles. The van der Waals surface area contributed by atoms with Crippen LogP contribution < -0.4 is 14.8 Å². The summed E-state index contributed by atoms with van der Waals surface area (Å²) in [6, 6.07) is 24.4. The van der Waals surface area contributed by atoms with E-state index in [-0.39, 0.29) is 32.5 Å². The molecule has 4 aromatic rings. The Labute approximate surface area is 534 Å². The highest BCUT2D eigenvalue weighted by Gasteiger charge is 2.39. The number of hydrogen-bond donors (Lipinski definition) is 1. The Morgan fingerprint density at radius 3 is 1.26 bits per heavy atom. The van der Waals surface area contributed by atoms with Crippen LogP contribution in [0.2, 0.25) is 0 Å². The zero-order valence-electron chi connectivity index (χ0n) is 107. The van der Waals surface area contributed by atoms with Crippen molar-refractivity contribution in [3.8, 4) is 11.5 Å². The Morgan fingerprint density at radius 2 is 0.934 bits per heavy atom. The topological polar surface area (TPSA) is 165 Å². The average molecular weight is 1210 g/mol. The maximum absolute atomic E-state index is 14.7. The van der Waals surface area contributed by atoms with Crippen molar-refractivity contribution >= 4 is 30.0 Å². The van der Waals surface area contributed by atoms with Gasteiger partial charge < -0.3 is 38.5 Å². The molecule has 1 N–H and O–H groups in total. The monoisotopic (exact) mass is 1210 g/mol. The second-order valence-corrected chi connectivity index (χ2v) is 19.1. The van der Waals surface area contributed by atoms with E-state index in [1.54, 1.807) is 81.4 Å². The molecule has 0 spiro atoms. The van der Waals surface area contributed by atoms with Gasteiger partial charge in [0.25, 0.3) is 0 Å². The van der Waals surface area contributed by atoms with E-state index in [0.29, 0.717) is 22.3 Å². The molecule has 4 rings (SSSR count). The van der Waals surface area contributed by atoms with Gasteiger partial charge in [-0.2, -0.15) is 0 Å². The minimum atomic E-state index is -4.89. The van der Waals surface area contributed by atoms with Gasteiger partial charge in [0.2, 0.25) is 12.2 Å². The Kier molecular flexibility index (Phi) is 11.6. The molecular weight excluding hydrogens is 1020 g/mol. The number of halogens is 8. The Bertz CT molecular complexity index is 2560. The van der Waals surface area contributed by atoms with Crippen molar-refractivity contribution < 1.29 is 186 Å². The van der Waals surface area contributed by atoms with Crippen molar-refractivity contribution in [3.63, 3.8) is 0 Å². The van der Waals surface area contributed by atoms with Gasteiger partial charge in [0.15, 0.2) is 0 Å². The lowest BCUT2D eigenvalue weighted by Crippen LogP contribution is -2.49. The average Bonchev–Trinajstić information content (AvgIpc) is 0.832. The van der Waals surface area contributed by atoms with Gasteiger partial charge in [0.05, 0.1) is 0 Å². The van der Waals surface area contributed by atoms with Crippen LogP contribution in [0.5, 0.6) is 11.5 Å². The van der Waals surface area contributed by atoms with Crippen LogP contribution in [0.1, 0.15) is 184 Å². The number of esters is 4. The lowest BCUT2D eigenvalue weighted by Gasteiger charge is -2.32. The molecule has 0 saturated carbocycles. The molecule has 0 saturated heterocycles. The van der Waals surface area contributed by atoms with Gasteiger partial charge >= 0.3 is 42.7 Å². The summed E-state index contributed by atoms with van der Waals surface area (Å²) in [6.07, 6.45) is -14.7. The SMILES string of the molecule is CN(C(=O)OC(C)(C)C)C(CC(C)(C)F)C(=O)O[C@H](Cc1ccc(OC(F)(F)F)cc1)C(=O)OCc1ccccc1.CN[C@H](CC(C)(C)F)C(=O)O[C@H](Cc1ccc(OC(F)(F)F)cc1)C(=O)OCc1ccccc1.[2H]C.[2H][2H].[2H][2H].[2H][2H].[2H][2H].[2H][2H].[2H][2H].[2H][2H].[2H][2H].[2H][2H].[2H][2H].[2H][2H].[2H][2H].[2H][2H].[2H][2H].[2H][2H].[2H][2H].[2H][2H].[2H][2H].[2H][2H].[2H][2H].[2H][2H].[2H][2H].[2H][2H].[2H][2H].[2H][2H].[2H][2H].[2H][2H].[2H][2H].[2H][2H].[2H][2H].[2H][2H]. The molecule has 482 valence electrons. The van der Waals surface area contributed by atoms with Crippen LogP contribution in [0.4, 0.5) is 39.9 Å². The summed E-state index contributed by atoms with van der Waals surface area (Å²) in [5, 5.41) is 2.66. The third-order valence-electron chi connectivity index (χ3n) is 10.1. The molecule has 0 bridgehead atoms. The van der Waals surface area contributed by atoms with Gasteiger partial charge in [-0.1, -0.05) is 92.3 Å². The summed E-state index contributed by atoms with van der Waals surface area (Å²) in [7, 11) is 3.95. The first-order chi connectivity index (χ1) is 66.7. The second-order valence-electron chi connectivity index (χ2n) is 19.1. The Morgan fingerprint density at radius 1 is 0.566 bits per heavy atom. The largest absolute Gasteiger partial charge is 0.573 e. The van der Waals surface area contributed by atoms with E-state index in [1.807, 2.05) is 0 Å². The Hall–Kier alpha value is -6.97. The number of alkyl halides is 8. The zero-order chi connectivity index (χ0) is 120. The van der Waals surface area contributed by atoms with Gasteiger partial charge in [0, 0.05) is 126 Å². The highest BCUT2D eigenvalue weighted by molar-refractivity contribution is 5.85. The van der Waals surface area contributed by atoms with Crippen molar-refractivity contribution in [1.82, 2.24) is 10.2 Å².